The van der Waals surface area contributed by atoms with Crippen molar-refractivity contribution in [3.8, 4) is 11.5 Å². The standard InChI is InChI=1S/C16H17N3O3/c20-16(13-5-1-6-14-15(13)22-11-21-14)19-9-2-4-12(19)10-18-8-3-7-17-18/h1,3,5-8,12H,2,4,9-11H2/t12-/m0/s1. The first-order valence-corrected chi connectivity index (χ1v) is 7.50. The Kier molecular flexibility index (Phi) is 3.21. The van der Waals surface area contributed by atoms with E-state index in [1.54, 1.807) is 12.3 Å². The number of nitrogens with zero attached hydrogens (tertiary/aromatic N) is 3. The molecule has 1 atom stereocenters. The van der Waals surface area contributed by atoms with E-state index in [0.29, 0.717) is 17.1 Å². The molecule has 22 heavy (non-hydrogen) atoms. The summed E-state index contributed by atoms with van der Waals surface area (Å²) in [5.74, 6) is 1.22. The van der Waals surface area contributed by atoms with Crippen LogP contribution >= 0.6 is 0 Å². The van der Waals surface area contributed by atoms with Crippen molar-refractivity contribution in [2.45, 2.75) is 25.4 Å². The highest BCUT2D eigenvalue weighted by Gasteiger charge is 2.32. The highest BCUT2D eigenvalue weighted by molar-refractivity contribution is 5.98. The Morgan fingerprint density at radius 3 is 3.14 bits per heavy atom. The summed E-state index contributed by atoms with van der Waals surface area (Å²) in [4.78, 5) is 14.8. The molecular formula is C16H17N3O3. The van der Waals surface area contributed by atoms with Crippen molar-refractivity contribution in [2.75, 3.05) is 13.3 Å². The van der Waals surface area contributed by atoms with Crippen molar-refractivity contribution in [3.05, 3.63) is 42.2 Å². The highest BCUT2D eigenvalue weighted by Crippen LogP contribution is 2.36. The van der Waals surface area contributed by atoms with E-state index in [4.69, 9.17) is 9.47 Å². The number of para-hydroxylation sites is 1. The third-order valence-corrected chi connectivity index (χ3v) is 4.22. The van der Waals surface area contributed by atoms with Gasteiger partial charge in [0, 0.05) is 18.9 Å². The normalized spacial score (nSPS) is 19.6. The van der Waals surface area contributed by atoms with E-state index >= 15 is 0 Å². The maximum absolute atomic E-state index is 12.9. The molecule has 0 bridgehead atoms. The Hall–Kier alpha value is -2.50. The highest BCUT2D eigenvalue weighted by atomic mass is 16.7. The molecule has 0 saturated carbocycles. The van der Waals surface area contributed by atoms with Gasteiger partial charge in [0.15, 0.2) is 11.5 Å². The van der Waals surface area contributed by atoms with Crippen molar-refractivity contribution >= 4 is 5.91 Å². The molecule has 4 rings (SSSR count). The molecule has 0 aliphatic carbocycles. The smallest absolute Gasteiger partial charge is 0.258 e. The number of benzene rings is 1. The second-order valence-electron chi connectivity index (χ2n) is 5.56. The summed E-state index contributed by atoms with van der Waals surface area (Å²) < 4.78 is 12.7. The number of fused-ring (bicyclic) bond motifs is 1. The second kappa shape index (κ2) is 5.36. The minimum absolute atomic E-state index is 0.0111. The van der Waals surface area contributed by atoms with Gasteiger partial charge in [-0.15, -0.1) is 0 Å². The Morgan fingerprint density at radius 1 is 1.32 bits per heavy atom. The lowest BCUT2D eigenvalue weighted by atomic mass is 10.1. The molecule has 6 heteroatoms. The average Bonchev–Trinajstić information content (AvgIpc) is 3.27. The minimum Gasteiger partial charge on any atom is -0.454 e. The third kappa shape index (κ3) is 2.20. The molecule has 1 aromatic heterocycles. The van der Waals surface area contributed by atoms with E-state index in [-0.39, 0.29) is 18.7 Å². The SMILES string of the molecule is O=C(c1cccc2c1OCO2)N1CCC[C@H]1Cn1cccn1. The van der Waals surface area contributed by atoms with E-state index in [0.717, 1.165) is 25.9 Å². The number of carbonyl (C=O) groups excluding carboxylic acids is 1. The molecule has 2 aromatic rings. The monoisotopic (exact) mass is 299 g/mol. The summed E-state index contributed by atoms with van der Waals surface area (Å²) in [5, 5.41) is 4.24. The summed E-state index contributed by atoms with van der Waals surface area (Å²) in [7, 11) is 0. The van der Waals surface area contributed by atoms with Gasteiger partial charge >= 0.3 is 0 Å². The molecule has 3 heterocycles. The molecule has 1 amide bonds. The van der Waals surface area contributed by atoms with Gasteiger partial charge in [-0.3, -0.25) is 9.48 Å². The fourth-order valence-electron chi connectivity index (χ4n) is 3.17. The van der Waals surface area contributed by atoms with Crippen molar-refractivity contribution in [1.82, 2.24) is 14.7 Å². The molecular weight excluding hydrogens is 282 g/mol. The molecule has 2 aliphatic rings. The van der Waals surface area contributed by atoms with E-state index < -0.39 is 0 Å². The van der Waals surface area contributed by atoms with Gasteiger partial charge in [0.25, 0.3) is 5.91 Å². The molecule has 0 N–H and O–H groups in total. The molecule has 1 fully saturated rings. The number of aromatic nitrogens is 2. The number of amides is 1. The second-order valence-corrected chi connectivity index (χ2v) is 5.56. The Labute approximate surface area is 128 Å². The lowest BCUT2D eigenvalue weighted by Crippen LogP contribution is -2.38. The van der Waals surface area contributed by atoms with Gasteiger partial charge in [0.1, 0.15) is 0 Å². The predicted molar refractivity (Wildman–Crippen MR) is 78.9 cm³/mol. The molecule has 0 unspecified atom stereocenters. The summed E-state index contributed by atoms with van der Waals surface area (Å²) in [5.41, 5.74) is 0.586. The number of likely N-dealkylation sites (tertiary alicyclic amines) is 1. The van der Waals surface area contributed by atoms with Gasteiger partial charge in [-0.2, -0.15) is 5.10 Å². The largest absolute Gasteiger partial charge is 0.454 e. The van der Waals surface area contributed by atoms with E-state index in [1.165, 1.54) is 0 Å². The van der Waals surface area contributed by atoms with Crippen LogP contribution < -0.4 is 9.47 Å². The van der Waals surface area contributed by atoms with Crippen molar-refractivity contribution in [3.63, 3.8) is 0 Å². The lowest BCUT2D eigenvalue weighted by molar-refractivity contribution is 0.0717. The first kappa shape index (κ1) is 13.2. The van der Waals surface area contributed by atoms with E-state index in [1.807, 2.05) is 34.0 Å². The zero-order valence-electron chi connectivity index (χ0n) is 12.1. The van der Waals surface area contributed by atoms with Crippen molar-refractivity contribution in [2.24, 2.45) is 0 Å². The van der Waals surface area contributed by atoms with Crippen LogP contribution in [0, 0.1) is 0 Å². The number of carbonyl (C=O) groups is 1. The molecule has 2 aliphatic heterocycles. The van der Waals surface area contributed by atoms with Gasteiger partial charge in [0.2, 0.25) is 6.79 Å². The van der Waals surface area contributed by atoms with Gasteiger partial charge in [-0.25, -0.2) is 0 Å². The van der Waals surface area contributed by atoms with Crippen LogP contribution in [0.4, 0.5) is 0 Å². The summed E-state index contributed by atoms with van der Waals surface area (Å²) in [6.07, 6.45) is 5.70. The zero-order valence-corrected chi connectivity index (χ0v) is 12.1. The van der Waals surface area contributed by atoms with Crippen LogP contribution in [-0.2, 0) is 6.54 Å². The van der Waals surface area contributed by atoms with Crippen LogP contribution in [0.5, 0.6) is 11.5 Å². The fraction of sp³-hybridized carbons (Fsp3) is 0.375. The Morgan fingerprint density at radius 2 is 2.27 bits per heavy atom. The average molecular weight is 299 g/mol. The predicted octanol–water partition coefficient (Wildman–Crippen LogP) is 1.92. The summed E-state index contributed by atoms with van der Waals surface area (Å²) >= 11 is 0. The quantitative estimate of drug-likeness (QED) is 0.869. The van der Waals surface area contributed by atoms with Crippen LogP contribution in [0.1, 0.15) is 23.2 Å². The van der Waals surface area contributed by atoms with Crippen LogP contribution in [-0.4, -0.2) is 40.0 Å². The van der Waals surface area contributed by atoms with Crippen LogP contribution in [0.2, 0.25) is 0 Å². The number of ether oxygens (including phenoxy) is 2. The van der Waals surface area contributed by atoms with Crippen molar-refractivity contribution < 1.29 is 14.3 Å². The van der Waals surface area contributed by atoms with E-state index in [9.17, 15) is 4.79 Å². The number of hydrogen-bond acceptors (Lipinski definition) is 4. The van der Waals surface area contributed by atoms with Gasteiger partial charge in [0.05, 0.1) is 18.2 Å². The zero-order chi connectivity index (χ0) is 14.9. The third-order valence-electron chi connectivity index (χ3n) is 4.22. The maximum atomic E-state index is 12.9. The molecule has 1 aromatic carbocycles. The van der Waals surface area contributed by atoms with Gasteiger partial charge < -0.3 is 14.4 Å². The summed E-state index contributed by atoms with van der Waals surface area (Å²) in [6, 6.07) is 7.53. The molecule has 0 radical (unpaired) electrons. The lowest BCUT2D eigenvalue weighted by Gasteiger charge is -2.25. The molecule has 0 spiro atoms. The number of hydrogen-bond donors (Lipinski definition) is 0. The fourth-order valence-corrected chi connectivity index (χ4v) is 3.17. The summed E-state index contributed by atoms with van der Waals surface area (Å²) in [6.45, 7) is 1.68. The van der Waals surface area contributed by atoms with Crippen LogP contribution in [0.25, 0.3) is 0 Å². The molecule has 1 saturated heterocycles. The first-order valence-electron chi connectivity index (χ1n) is 7.50. The van der Waals surface area contributed by atoms with Gasteiger partial charge in [-0.05, 0) is 31.0 Å². The van der Waals surface area contributed by atoms with Crippen LogP contribution in [0.3, 0.4) is 0 Å². The van der Waals surface area contributed by atoms with E-state index in [2.05, 4.69) is 5.10 Å². The topological polar surface area (TPSA) is 56.6 Å². The minimum atomic E-state index is 0.0111. The Balaban J connectivity index is 1.58. The van der Waals surface area contributed by atoms with Gasteiger partial charge in [-0.1, -0.05) is 6.07 Å². The Bertz CT molecular complexity index is 684. The van der Waals surface area contributed by atoms with Crippen LogP contribution in [0.15, 0.2) is 36.7 Å². The maximum Gasteiger partial charge on any atom is 0.258 e. The number of rotatable bonds is 3. The molecule has 6 nitrogen and oxygen atoms in total. The van der Waals surface area contributed by atoms with Crippen molar-refractivity contribution in [1.29, 1.82) is 0 Å². The molecule has 114 valence electrons. The first-order chi connectivity index (χ1) is 10.8.